The summed E-state index contributed by atoms with van der Waals surface area (Å²) in [7, 11) is 3.15. The van der Waals surface area contributed by atoms with E-state index in [0.717, 1.165) is 24.0 Å². The number of amides is 4. The van der Waals surface area contributed by atoms with Gasteiger partial charge in [0.2, 0.25) is 0 Å². The van der Waals surface area contributed by atoms with Crippen molar-refractivity contribution in [2.45, 2.75) is 25.7 Å². The predicted octanol–water partition coefficient (Wildman–Crippen LogP) is 5.74. The Hall–Kier alpha value is -6.16. The lowest BCUT2D eigenvalue weighted by molar-refractivity contribution is -0.118. The molecule has 10 heteroatoms. The van der Waals surface area contributed by atoms with E-state index in [-0.39, 0.29) is 23.2 Å². The Balaban J connectivity index is 1.25. The van der Waals surface area contributed by atoms with Gasteiger partial charge in [-0.25, -0.2) is 0 Å². The highest BCUT2D eigenvalue weighted by molar-refractivity contribution is 6.06. The molecule has 0 atom stereocenters. The second kappa shape index (κ2) is 19.6. The Bertz CT molecular complexity index is 1640. The summed E-state index contributed by atoms with van der Waals surface area (Å²) in [5.74, 6) is -0.201. The summed E-state index contributed by atoms with van der Waals surface area (Å²) < 4.78 is 10.4. The molecule has 4 aromatic rings. The number of benzene rings is 4. The van der Waals surface area contributed by atoms with E-state index in [9.17, 15) is 19.2 Å². The SMILES string of the molecule is COc1ccc(C=C(NC(=O)c2ccccc2)C(=O)NCCCCCCNC(=O)C(=Cc2ccc(OC)cc2)NC(=O)c2ccccc2)cc1. The summed E-state index contributed by atoms with van der Waals surface area (Å²) in [6.07, 6.45) is 6.28. The fourth-order valence-corrected chi connectivity index (χ4v) is 4.82. The summed E-state index contributed by atoms with van der Waals surface area (Å²) >= 11 is 0. The van der Waals surface area contributed by atoms with Crippen LogP contribution in [0.1, 0.15) is 57.5 Å². The quantitative estimate of drug-likeness (QED) is 0.0834. The maximum absolute atomic E-state index is 13.1. The Labute approximate surface area is 292 Å². The molecular weight excluding hydrogens is 632 g/mol. The van der Waals surface area contributed by atoms with E-state index in [4.69, 9.17) is 9.47 Å². The molecular formula is C40H42N4O6. The van der Waals surface area contributed by atoms with E-state index < -0.39 is 11.8 Å². The number of unbranched alkanes of at least 4 members (excludes halogenated alkanes) is 3. The molecule has 4 amide bonds. The van der Waals surface area contributed by atoms with Gasteiger partial charge in [0.1, 0.15) is 22.9 Å². The van der Waals surface area contributed by atoms with Crippen molar-refractivity contribution >= 4 is 35.8 Å². The minimum absolute atomic E-state index is 0.129. The molecule has 0 saturated heterocycles. The van der Waals surface area contributed by atoms with Crippen molar-refractivity contribution in [3.8, 4) is 11.5 Å². The number of nitrogens with one attached hydrogen (secondary N) is 4. The normalized spacial score (nSPS) is 11.2. The van der Waals surface area contributed by atoms with Gasteiger partial charge in [0.25, 0.3) is 23.6 Å². The summed E-state index contributed by atoms with van der Waals surface area (Å²) in [6.45, 7) is 0.819. The van der Waals surface area contributed by atoms with E-state index in [1.807, 2.05) is 12.1 Å². The van der Waals surface area contributed by atoms with Crippen molar-refractivity contribution in [2.75, 3.05) is 27.3 Å². The van der Waals surface area contributed by atoms with Gasteiger partial charge in [0.05, 0.1) is 14.2 Å². The van der Waals surface area contributed by atoms with Gasteiger partial charge in [-0.05, 0) is 84.7 Å². The minimum Gasteiger partial charge on any atom is -0.497 e. The maximum atomic E-state index is 13.1. The number of carbonyl (C=O) groups excluding carboxylic acids is 4. The molecule has 0 saturated carbocycles. The molecule has 4 rings (SSSR count). The summed E-state index contributed by atoms with van der Waals surface area (Å²) in [5.41, 5.74) is 2.60. The molecule has 258 valence electrons. The van der Waals surface area contributed by atoms with Gasteiger partial charge in [-0.2, -0.15) is 0 Å². The lowest BCUT2D eigenvalue weighted by Crippen LogP contribution is -2.35. The van der Waals surface area contributed by atoms with E-state index >= 15 is 0 Å². The average Bonchev–Trinajstić information content (AvgIpc) is 3.16. The molecule has 0 fully saturated rings. The lowest BCUT2D eigenvalue weighted by atomic mass is 10.1. The highest BCUT2D eigenvalue weighted by atomic mass is 16.5. The molecule has 4 aromatic carbocycles. The van der Waals surface area contributed by atoms with Crippen molar-refractivity contribution in [1.82, 2.24) is 21.3 Å². The van der Waals surface area contributed by atoms with Gasteiger partial charge < -0.3 is 30.7 Å². The molecule has 0 aliphatic heterocycles. The van der Waals surface area contributed by atoms with Crippen LogP contribution in [0, 0.1) is 0 Å². The number of rotatable bonds is 17. The van der Waals surface area contributed by atoms with Crippen LogP contribution in [-0.2, 0) is 9.59 Å². The first kappa shape index (κ1) is 36.7. The van der Waals surface area contributed by atoms with E-state index in [2.05, 4.69) is 21.3 Å². The number of hydrogen-bond acceptors (Lipinski definition) is 6. The topological polar surface area (TPSA) is 135 Å². The van der Waals surface area contributed by atoms with Gasteiger partial charge in [0.15, 0.2) is 0 Å². The number of carbonyl (C=O) groups is 4. The van der Waals surface area contributed by atoms with E-state index in [1.54, 1.807) is 123 Å². The first-order valence-corrected chi connectivity index (χ1v) is 16.4. The number of methoxy groups -OCH3 is 2. The smallest absolute Gasteiger partial charge is 0.267 e. The van der Waals surface area contributed by atoms with Gasteiger partial charge in [0, 0.05) is 24.2 Å². The first-order valence-electron chi connectivity index (χ1n) is 16.4. The average molecular weight is 675 g/mol. The fourth-order valence-electron chi connectivity index (χ4n) is 4.82. The third-order valence-corrected chi connectivity index (χ3v) is 7.59. The zero-order chi connectivity index (χ0) is 35.6. The molecule has 10 nitrogen and oxygen atoms in total. The third kappa shape index (κ3) is 11.8. The number of ether oxygens (including phenoxy) is 2. The number of hydrogen-bond donors (Lipinski definition) is 4. The van der Waals surface area contributed by atoms with Crippen LogP contribution in [-0.4, -0.2) is 50.9 Å². The highest BCUT2D eigenvalue weighted by Gasteiger charge is 2.16. The van der Waals surface area contributed by atoms with Crippen LogP contribution >= 0.6 is 0 Å². The Morgan fingerprint density at radius 1 is 0.500 bits per heavy atom. The van der Waals surface area contributed by atoms with Crippen molar-refractivity contribution in [1.29, 1.82) is 0 Å². The second-order valence-corrected chi connectivity index (χ2v) is 11.2. The van der Waals surface area contributed by atoms with Crippen LogP contribution in [0.4, 0.5) is 0 Å². The van der Waals surface area contributed by atoms with Crippen LogP contribution in [0.3, 0.4) is 0 Å². The van der Waals surface area contributed by atoms with Gasteiger partial charge >= 0.3 is 0 Å². The Kier molecular flexibility index (Phi) is 14.4. The first-order chi connectivity index (χ1) is 24.4. The van der Waals surface area contributed by atoms with Crippen LogP contribution in [0.5, 0.6) is 11.5 Å². The molecule has 0 radical (unpaired) electrons. The summed E-state index contributed by atoms with van der Waals surface area (Å²) in [4.78, 5) is 51.9. The van der Waals surface area contributed by atoms with Gasteiger partial charge in [-0.3, -0.25) is 19.2 Å². The van der Waals surface area contributed by atoms with Crippen molar-refractivity contribution in [3.63, 3.8) is 0 Å². The van der Waals surface area contributed by atoms with E-state index in [0.29, 0.717) is 48.6 Å². The molecule has 0 aromatic heterocycles. The summed E-state index contributed by atoms with van der Waals surface area (Å²) in [6, 6.07) is 31.7. The second-order valence-electron chi connectivity index (χ2n) is 11.2. The predicted molar refractivity (Wildman–Crippen MR) is 194 cm³/mol. The minimum atomic E-state index is -0.397. The van der Waals surface area contributed by atoms with Crippen molar-refractivity contribution in [2.24, 2.45) is 0 Å². The monoisotopic (exact) mass is 674 g/mol. The molecule has 0 bridgehead atoms. The van der Waals surface area contributed by atoms with Crippen LogP contribution < -0.4 is 30.7 Å². The molecule has 50 heavy (non-hydrogen) atoms. The van der Waals surface area contributed by atoms with Gasteiger partial charge in [-0.15, -0.1) is 0 Å². The largest absolute Gasteiger partial charge is 0.497 e. The highest BCUT2D eigenvalue weighted by Crippen LogP contribution is 2.15. The lowest BCUT2D eigenvalue weighted by Gasteiger charge is -2.12. The van der Waals surface area contributed by atoms with Crippen molar-refractivity contribution in [3.05, 3.63) is 143 Å². The molecule has 0 heterocycles. The van der Waals surface area contributed by atoms with Crippen LogP contribution in [0.25, 0.3) is 12.2 Å². The fraction of sp³-hybridized carbons (Fsp3) is 0.200. The molecule has 0 unspecified atom stereocenters. The van der Waals surface area contributed by atoms with E-state index in [1.165, 1.54) is 0 Å². The van der Waals surface area contributed by atoms with Gasteiger partial charge in [-0.1, -0.05) is 73.5 Å². The van der Waals surface area contributed by atoms with Crippen molar-refractivity contribution < 1.29 is 28.7 Å². The summed E-state index contributed by atoms with van der Waals surface area (Å²) in [5, 5.41) is 11.3. The van der Waals surface area contributed by atoms with Crippen LogP contribution in [0.15, 0.2) is 121 Å². The molecule has 0 spiro atoms. The maximum Gasteiger partial charge on any atom is 0.267 e. The Morgan fingerprint density at radius 2 is 0.860 bits per heavy atom. The molecule has 0 aliphatic rings. The third-order valence-electron chi connectivity index (χ3n) is 7.59. The molecule has 4 N–H and O–H groups in total. The zero-order valence-electron chi connectivity index (χ0n) is 28.2. The molecule has 0 aliphatic carbocycles. The standard InChI is InChI=1S/C40H42N4O6/c1-49-33-21-17-29(18-22-33)27-35(43-37(45)31-13-7-5-8-14-31)39(47)41-25-11-3-4-12-26-42-40(48)36(28-30-19-23-34(50-2)24-20-30)44-38(46)32-15-9-6-10-16-32/h5-10,13-24,27-28H,3-4,11-12,25-26H2,1-2H3,(H,41,47)(H,42,48)(H,43,45)(H,44,46). The van der Waals surface area contributed by atoms with Crippen LogP contribution in [0.2, 0.25) is 0 Å². The Morgan fingerprint density at radius 3 is 1.20 bits per heavy atom. The zero-order valence-corrected chi connectivity index (χ0v) is 28.2.